The zero-order valence-corrected chi connectivity index (χ0v) is 12.4. The molecule has 0 N–H and O–H groups in total. The molecule has 0 radical (unpaired) electrons. The van der Waals surface area contributed by atoms with Gasteiger partial charge in [0.1, 0.15) is 5.82 Å². The van der Waals surface area contributed by atoms with Crippen LogP contribution in [0.5, 0.6) is 0 Å². The molecular formula is C13H18BrClFN. The van der Waals surface area contributed by atoms with Gasteiger partial charge in [0.05, 0.1) is 4.47 Å². The fourth-order valence-corrected chi connectivity index (χ4v) is 2.33. The normalized spacial score (nSPS) is 11.1. The predicted octanol–water partition coefficient (Wildman–Crippen LogP) is 4.43. The Kier molecular flexibility index (Phi) is 7.09. The number of unbranched alkanes of at least 4 members (excludes halogenated alkanes) is 1. The summed E-state index contributed by atoms with van der Waals surface area (Å²) < 4.78 is 13.6. The molecular weight excluding hydrogens is 305 g/mol. The van der Waals surface area contributed by atoms with Crippen LogP contribution in [0.25, 0.3) is 0 Å². The Balaban J connectivity index is 2.61. The van der Waals surface area contributed by atoms with Crippen molar-refractivity contribution < 1.29 is 4.39 Å². The third-order valence-electron chi connectivity index (χ3n) is 2.62. The van der Waals surface area contributed by atoms with Crippen LogP contribution in [0.2, 0.25) is 0 Å². The molecule has 0 amide bonds. The molecule has 0 spiro atoms. The average Bonchev–Trinajstić information content (AvgIpc) is 2.31. The van der Waals surface area contributed by atoms with E-state index in [1.54, 1.807) is 0 Å². The maximum absolute atomic E-state index is 13.1. The van der Waals surface area contributed by atoms with Gasteiger partial charge in [-0.1, -0.05) is 19.4 Å². The van der Waals surface area contributed by atoms with Crippen LogP contribution in [-0.2, 0) is 6.54 Å². The summed E-state index contributed by atoms with van der Waals surface area (Å²) in [4.78, 5) is 2.30. The first-order chi connectivity index (χ1) is 8.17. The van der Waals surface area contributed by atoms with Crippen LogP contribution in [0, 0.1) is 5.82 Å². The second-order valence-electron chi connectivity index (χ2n) is 4.07. The van der Waals surface area contributed by atoms with E-state index in [9.17, 15) is 4.39 Å². The molecule has 0 atom stereocenters. The van der Waals surface area contributed by atoms with E-state index in [0.29, 0.717) is 10.4 Å². The summed E-state index contributed by atoms with van der Waals surface area (Å²) >= 11 is 9.00. The Labute approximate surface area is 116 Å². The molecule has 1 aromatic carbocycles. The molecule has 0 aliphatic rings. The van der Waals surface area contributed by atoms with Crippen LogP contribution in [0.15, 0.2) is 22.7 Å². The van der Waals surface area contributed by atoms with Crippen LogP contribution >= 0.6 is 27.5 Å². The molecule has 0 saturated heterocycles. The van der Waals surface area contributed by atoms with Crippen molar-refractivity contribution in [3.63, 3.8) is 0 Å². The molecule has 0 bridgehead atoms. The highest BCUT2D eigenvalue weighted by molar-refractivity contribution is 9.10. The van der Waals surface area contributed by atoms with E-state index in [1.807, 2.05) is 12.1 Å². The van der Waals surface area contributed by atoms with Gasteiger partial charge < -0.3 is 0 Å². The third kappa shape index (κ3) is 5.36. The topological polar surface area (TPSA) is 3.24 Å². The minimum Gasteiger partial charge on any atom is -0.298 e. The lowest BCUT2D eigenvalue weighted by Crippen LogP contribution is -2.26. The van der Waals surface area contributed by atoms with Crippen LogP contribution in [0.1, 0.15) is 25.3 Å². The van der Waals surface area contributed by atoms with Gasteiger partial charge in [-0.2, -0.15) is 0 Å². The van der Waals surface area contributed by atoms with Crippen molar-refractivity contribution in [1.29, 1.82) is 0 Å². The number of benzene rings is 1. The molecule has 0 unspecified atom stereocenters. The monoisotopic (exact) mass is 321 g/mol. The van der Waals surface area contributed by atoms with Gasteiger partial charge in [-0.15, -0.1) is 11.6 Å². The van der Waals surface area contributed by atoms with E-state index in [1.165, 1.54) is 18.9 Å². The van der Waals surface area contributed by atoms with E-state index in [4.69, 9.17) is 11.6 Å². The van der Waals surface area contributed by atoms with E-state index >= 15 is 0 Å². The minimum atomic E-state index is -0.216. The smallest absolute Gasteiger partial charge is 0.137 e. The number of hydrogen-bond donors (Lipinski definition) is 0. The molecule has 0 aliphatic heterocycles. The minimum absolute atomic E-state index is 0.216. The second kappa shape index (κ2) is 8.06. The maximum Gasteiger partial charge on any atom is 0.137 e. The Morgan fingerprint density at radius 2 is 2.12 bits per heavy atom. The molecule has 0 heterocycles. The van der Waals surface area contributed by atoms with Crippen LogP contribution < -0.4 is 0 Å². The first-order valence-corrected chi connectivity index (χ1v) is 7.22. The molecule has 0 fully saturated rings. The fourth-order valence-electron chi connectivity index (χ4n) is 1.67. The van der Waals surface area contributed by atoms with Gasteiger partial charge in [-0.25, -0.2) is 4.39 Å². The lowest BCUT2D eigenvalue weighted by atomic mass is 10.2. The highest BCUT2D eigenvalue weighted by Crippen LogP contribution is 2.18. The van der Waals surface area contributed by atoms with Gasteiger partial charge in [0.25, 0.3) is 0 Å². The van der Waals surface area contributed by atoms with Crippen LogP contribution in [0.4, 0.5) is 4.39 Å². The summed E-state index contributed by atoms with van der Waals surface area (Å²) in [6, 6.07) is 5.16. The quantitative estimate of drug-likeness (QED) is 0.671. The van der Waals surface area contributed by atoms with Crippen molar-refractivity contribution in [3.8, 4) is 0 Å². The molecule has 96 valence electrons. The van der Waals surface area contributed by atoms with E-state index in [2.05, 4.69) is 27.8 Å². The van der Waals surface area contributed by atoms with Gasteiger partial charge in [0.15, 0.2) is 0 Å². The van der Waals surface area contributed by atoms with Crippen molar-refractivity contribution >= 4 is 27.5 Å². The first kappa shape index (κ1) is 14.9. The average molecular weight is 323 g/mol. The lowest BCUT2D eigenvalue weighted by molar-refractivity contribution is 0.277. The highest BCUT2D eigenvalue weighted by Gasteiger charge is 2.06. The largest absolute Gasteiger partial charge is 0.298 e. The third-order valence-corrected chi connectivity index (χ3v) is 3.40. The summed E-state index contributed by atoms with van der Waals surface area (Å²) in [6.45, 7) is 4.91. The Morgan fingerprint density at radius 1 is 1.35 bits per heavy atom. The predicted molar refractivity (Wildman–Crippen MR) is 75.0 cm³/mol. The summed E-state index contributed by atoms with van der Waals surface area (Å²) in [5, 5.41) is 0. The standard InChI is InChI=1S/C13H18BrClFN/c1-2-3-7-17(8-6-15)10-11-4-5-13(16)12(14)9-11/h4-5,9H,2-3,6-8,10H2,1H3. The lowest BCUT2D eigenvalue weighted by Gasteiger charge is -2.21. The van der Waals surface area contributed by atoms with Gasteiger partial charge in [0, 0.05) is 19.0 Å². The molecule has 1 rings (SSSR count). The van der Waals surface area contributed by atoms with Gasteiger partial charge in [-0.05, 0) is 46.6 Å². The summed E-state index contributed by atoms with van der Waals surface area (Å²) in [5.74, 6) is 0.415. The van der Waals surface area contributed by atoms with Crippen molar-refractivity contribution in [2.75, 3.05) is 19.0 Å². The van der Waals surface area contributed by atoms with Crippen molar-refractivity contribution in [2.24, 2.45) is 0 Å². The highest BCUT2D eigenvalue weighted by atomic mass is 79.9. The van der Waals surface area contributed by atoms with Gasteiger partial charge in [-0.3, -0.25) is 4.90 Å². The molecule has 1 nitrogen and oxygen atoms in total. The molecule has 0 aliphatic carbocycles. The van der Waals surface area contributed by atoms with E-state index < -0.39 is 0 Å². The summed E-state index contributed by atoms with van der Waals surface area (Å²) in [7, 11) is 0. The van der Waals surface area contributed by atoms with Crippen molar-refractivity contribution in [1.82, 2.24) is 4.90 Å². The second-order valence-corrected chi connectivity index (χ2v) is 5.30. The molecule has 1 aromatic rings. The number of hydrogen-bond acceptors (Lipinski definition) is 1. The van der Waals surface area contributed by atoms with Gasteiger partial charge >= 0.3 is 0 Å². The number of alkyl halides is 1. The van der Waals surface area contributed by atoms with Crippen LogP contribution in [0.3, 0.4) is 0 Å². The Morgan fingerprint density at radius 3 is 2.71 bits per heavy atom. The van der Waals surface area contributed by atoms with E-state index in [-0.39, 0.29) is 5.82 Å². The Hall–Kier alpha value is -0.120. The van der Waals surface area contributed by atoms with E-state index in [0.717, 1.165) is 25.2 Å². The SMILES string of the molecule is CCCCN(CCCl)Cc1ccc(F)c(Br)c1. The number of halogens is 3. The van der Waals surface area contributed by atoms with Crippen molar-refractivity contribution in [3.05, 3.63) is 34.1 Å². The summed E-state index contributed by atoms with van der Waals surface area (Å²) in [5.41, 5.74) is 1.11. The number of rotatable bonds is 7. The molecule has 0 saturated carbocycles. The zero-order valence-electron chi connectivity index (χ0n) is 10.1. The zero-order chi connectivity index (χ0) is 12.7. The maximum atomic E-state index is 13.1. The van der Waals surface area contributed by atoms with Crippen LogP contribution in [-0.4, -0.2) is 23.9 Å². The number of nitrogens with zero attached hydrogens (tertiary/aromatic N) is 1. The van der Waals surface area contributed by atoms with Crippen molar-refractivity contribution in [2.45, 2.75) is 26.3 Å². The summed E-state index contributed by atoms with van der Waals surface area (Å²) in [6.07, 6.45) is 2.34. The molecule has 4 heteroatoms. The Bertz CT molecular complexity index is 346. The fraction of sp³-hybridized carbons (Fsp3) is 0.538. The molecule has 17 heavy (non-hydrogen) atoms. The molecule has 0 aromatic heterocycles. The van der Waals surface area contributed by atoms with Gasteiger partial charge in [0.2, 0.25) is 0 Å². The first-order valence-electron chi connectivity index (χ1n) is 5.89.